The Morgan fingerprint density at radius 1 is 0.838 bits per heavy atom. The Morgan fingerprint density at radius 2 is 1.41 bits per heavy atom. The van der Waals surface area contributed by atoms with Crippen molar-refractivity contribution in [1.82, 2.24) is 19.6 Å². The third kappa shape index (κ3) is 5.93. The van der Waals surface area contributed by atoms with Crippen molar-refractivity contribution in [3.05, 3.63) is 47.8 Å². The first kappa shape index (κ1) is 25.6. The van der Waals surface area contributed by atoms with Crippen LogP contribution in [0, 0.1) is 0 Å². The Labute approximate surface area is 219 Å². The summed E-state index contributed by atoms with van der Waals surface area (Å²) in [4.78, 5) is 0. The van der Waals surface area contributed by atoms with Crippen LogP contribution in [0.4, 0.5) is 0 Å². The first-order valence-corrected chi connectivity index (χ1v) is 13.7. The lowest BCUT2D eigenvalue weighted by Crippen LogP contribution is -2.17. The Morgan fingerprint density at radius 3 is 1.92 bits per heavy atom. The zero-order valence-corrected chi connectivity index (χ0v) is 23.0. The average Bonchev–Trinajstić information content (AvgIpc) is 3.21. The average molecular weight is 505 g/mol. The van der Waals surface area contributed by atoms with Gasteiger partial charge < -0.3 is 14.2 Å². The molecule has 1 saturated heterocycles. The van der Waals surface area contributed by atoms with Crippen LogP contribution in [0.15, 0.2) is 36.7 Å². The normalized spacial score (nSPS) is 18.3. The molecule has 6 rings (SSSR count). The maximum absolute atomic E-state index is 6.17. The molecule has 0 bridgehead atoms. The summed E-state index contributed by atoms with van der Waals surface area (Å²) >= 11 is 0. The number of aromatic nitrogens is 4. The van der Waals surface area contributed by atoms with Gasteiger partial charge >= 0.3 is 0 Å². The molecule has 2 aromatic heterocycles. The molecule has 2 aliphatic rings. The smallest absolute Gasteiger partial charge is 0.125 e. The van der Waals surface area contributed by atoms with E-state index in [1.165, 1.54) is 34.7 Å². The molecule has 2 unspecified atom stereocenters. The van der Waals surface area contributed by atoms with E-state index in [2.05, 4.69) is 74.6 Å². The van der Waals surface area contributed by atoms with Crippen molar-refractivity contribution in [2.75, 3.05) is 13.2 Å². The molecule has 3 heterocycles. The van der Waals surface area contributed by atoms with Gasteiger partial charge in [-0.25, -0.2) is 0 Å². The number of aryl methyl sites for hydroxylation is 2. The molecule has 0 spiro atoms. The largest absolute Gasteiger partial charge is 0.490 e. The van der Waals surface area contributed by atoms with Gasteiger partial charge in [-0.2, -0.15) is 10.2 Å². The first-order chi connectivity index (χ1) is 17.8. The molecular weight excluding hydrogens is 464 g/mol. The second-order valence-corrected chi connectivity index (χ2v) is 10.9. The van der Waals surface area contributed by atoms with Crippen molar-refractivity contribution in [2.24, 2.45) is 14.1 Å². The van der Waals surface area contributed by atoms with Crippen molar-refractivity contribution in [3.8, 4) is 11.5 Å². The van der Waals surface area contributed by atoms with E-state index in [0.29, 0.717) is 24.5 Å². The van der Waals surface area contributed by atoms with Crippen molar-refractivity contribution in [1.29, 1.82) is 0 Å². The summed E-state index contributed by atoms with van der Waals surface area (Å²) in [5.41, 5.74) is 4.58. The van der Waals surface area contributed by atoms with Gasteiger partial charge in [0.15, 0.2) is 0 Å². The van der Waals surface area contributed by atoms with Gasteiger partial charge in [0.25, 0.3) is 0 Å². The van der Waals surface area contributed by atoms with Crippen molar-refractivity contribution in [2.45, 2.75) is 77.4 Å². The second kappa shape index (κ2) is 10.7. The fourth-order valence-corrected chi connectivity index (χ4v) is 4.80. The highest BCUT2D eigenvalue weighted by atomic mass is 16.5. The molecule has 0 radical (unpaired) electrons. The molecule has 37 heavy (non-hydrogen) atoms. The van der Waals surface area contributed by atoms with E-state index in [1.807, 2.05) is 23.5 Å². The standard InChI is InChI=1S/C16H22N2O2.C14H18N2O/c1-4-11(2)14-7-12-9-18(3)17-15(12)8-16(14)20-13-5-6-19-10-13;1-9(2)12-6-10-8-16(3)15-13(10)7-14(12)17-11-4-5-11/h7-9,11,13H,4-6,10H2,1-3H3;6-9,11H,4-5H2,1-3H3. The lowest BCUT2D eigenvalue weighted by molar-refractivity contribution is 0.140. The highest BCUT2D eigenvalue weighted by molar-refractivity contribution is 5.82. The highest BCUT2D eigenvalue weighted by Crippen LogP contribution is 2.36. The lowest BCUT2D eigenvalue weighted by Gasteiger charge is -2.19. The van der Waals surface area contributed by atoms with Crippen LogP contribution >= 0.6 is 0 Å². The maximum Gasteiger partial charge on any atom is 0.125 e. The molecule has 2 fully saturated rings. The topological polar surface area (TPSA) is 63.3 Å². The minimum atomic E-state index is 0.180. The van der Waals surface area contributed by atoms with Gasteiger partial charge in [0, 0.05) is 55.8 Å². The zero-order chi connectivity index (χ0) is 26.1. The van der Waals surface area contributed by atoms with E-state index >= 15 is 0 Å². The van der Waals surface area contributed by atoms with Gasteiger partial charge in [0.1, 0.15) is 17.6 Å². The van der Waals surface area contributed by atoms with Crippen molar-refractivity contribution >= 4 is 21.8 Å². The van der Waals surface area contributed by atoms with Crippen LogP contribution in [0.2, 0.25) is 0 Å². The molecule has 2 atom stereocenters. The summed E-state index contributed by atoms with van der Waals surface area (Å²) in [7, 11) is 3.91. The fraction of sp³-hybridized carbons (Fsp3) is 0.533. The quantitative estimate of drug-likeness (QED) is 0.288. The van der Waals surface area contributed by atoms with Crippen LogP contribution in [-0.4, -0.2) is 45.0 Å². The summed E-state index contributed by atoms with van der Waals surface area (Å²) < 4.78 is 21.3. The molecule has 0 N–H and O–H groups in total. The van der Waals surface area contributed by atoms with Crippen LogP contribution in [0.5, 0.6) is 11.5 Å². The fourth-order valence-electron chi connectivity index (χ4n) is 4.80. The third-order valence-corrected chi connectivity index (χ3v) is 7.27. The van der Waals surface area contributed by atoms with Crippen molar-refractivity contribution in [3.63, 3.8) is 0 Å². The number of ether oxygens (including phenoxy) is 3. The van der Waals surface area contributed by atoms with E-state index in [4.69, 9.17) is 14.2 Å². The predicted molar refractivity (Wildman–Crippen MR) is 148 cm³/mol. The van der Waals surface area contributed by atoms with Gasteiger partial charge in [-0.05, 0) is 54.4 Å². The molecule has 4 aromatic rings. The molecule has 7 nitrogen and oxygen atoms in total. The van der Waals surface area contributed by atoms with Crippen LogP contribution < -0.4 is 9.47 Å². The summed E-state index contributed by atoms with van der Waals surface area (Å²) in [6.07, 6.45) is 9.19. The van der Waals surface area contributed by atoms with E-state index in [9.17, 15) is 0 Å². The minimum absolute atomic E-state index is 0.180. The number of benzene rings is 2. The molecule has 2 aromatic carbocycles. The van der Waals surface area contributed by atoms with Crippen LogP contribution in [0.1, 0.15) is 76.3 Å². The first-order valence-electron chi connectivity index (χ1n) is 13.7. The van der Waals surface area contributed by atoms with Gasteiger partial charge in [-0.1, -0.05) is 27.7 Å². The van der Waals surface area contributed by atoms with Gasteiger partial charge in [0.05, 0.1) is 30.4 Å². The monoisotopic (exact) mass is 504 g/mol. The molecule has 1 saturated carbocycles. The SMILES string of the molecule is CC(C)c1cc2cn(C)nc2cc1OC1CC1.CCC(C)c1cc2cn(C)nc2cc1OC1CCOC1. The van der Waals surface area contributed by atoms with Gasteiger partial charge in [0.2, 0.25) is 0 Å². The Bertz CT molecular complexity index is 1360. The Balaban J connectivity index is 0.000000153. The zero-order valence-electron chi connectivity index (χ0n) is 23.0. The molecule has 7 heteroatoms. The van der Waals surface area contributed by atoms with E-state index < -0.39 is 0 Å². The molecule has 1 aliphatic carbocycles. The summed E-state index contributed by atoms with van der Waals surface area (Å²) in [5.74, 6) is 2.96. The Kier molecular flexibility index (Phi) is 7.43. The number of fused-ring (bicyclic) bond motifs is 2. The van der Waals surface area contributed by atoms with E-state index in [0.717, 1.165) is 42.0 Å². The van der Waals surface area contributed by atoms with Crippen LogP contribution in [0.3, 0.4) is 0 Å². The second-order valence-electron chi connectivity index (χ2n) is 10.9. The molecule has 0 amide bonds. The summed E-state index contributed by atoms with van der Waals surface area (Å²) in [5, 5.41) is 11.3. The third-order valence-electron chi connectivity index (χ3n) is 7.27. The number of hydrogen-bond donors (Lipinski definition) is 0. The number of hydrogen-bond acceptors (Lipinski definition) is 5. The Hall–Kier alpha value is -3.06. The van der Waals surface area contributed by atoms with E-state index in [1.54, 1.807) is 0 Å². The van der Waals surface area contributed by atoms with Gasteiger partial charge in [-0.3, -0.25) is 9.36 Å². The summed E-state index contributed by atoms with van der Waals surface area (Å²) in [6.45, 7) is 10.4. The molecule has 198 valence electrons. The highest BCUT2D eigenvalue weighted by Gasteiger charge is 2.25. The number of nitrogens with zero attached hydrogens (tertiary/aromatic N) is 4. The van der Waals surface area contributed by atoms with Crippen molar-refractivity contribution < 1.29 is 14.2 Å². The van der Waals surface area contributed by atoms with E-state index in [-0.39, 0.29) is 6.10 Å². The molecular formula is C30H40N4O3. The summed E-state index contributed by atoms with van der Waals surface area (Å²) in [6, 6.07) is 8.60. The lowest BCUT2D eigenvalue weighted by atomic mass is 9.96. The maximum atomic E-state index is 6.17. The predicted octanol–water partition coefficient (Wildman–Crippen LogP) is 6.49. The van der Waals surface area contributed by atoms with Crippen LogP contribution in [0.25, 0.3) is 21.8 Å². The van der Waals surface area contributed by atoms with Crippen LogP contribution in [-0.2, 0) is 18.8 Å². The number of rotatable bonds is 7. The minimum Gasteiger partial charge on any atom is -0.490 e. The molecule has 1 aliphatic heterocycles. The van der Waals surface area contributed by atoms with Gasteiger partial charge in [-0.15, -0.1) is 0 Å².